The predicted molar refractivity (Wildman–Crippen MR) is 242 cm³/mol. The fourth-order valence-corrected chi connectivity index (χ4v) is 7.82. The van der Waals surface area contributed by atoms with Gasteiger partial charge in [0.25, 0.3) is 5.91 Å². The molecule has 0 radical (unpaired) electrons. The van der Waals surface area contributed by atoms with E-state index in [1.54, 1.807) is 30.3 Å². The molecular weight excluding hydrogens is 862 g/mol. The first-order chi connectivity index (χ1) is 29.5. The number of carbonyl (C=O) groups is 6. The number of methoxy groups -OCH3 is 2. The summed E-state index contributed by atoms with van der Waals surface area (Å²) in [6, 6.07) is 4.51. The normalized spacial score (nSPS) is 15.4. The second-order valence-corrected chi connectivity index (χ2v) is 17.2. The number of amides is 5. The Hall–Kier alpha value is -4.74. The van der Waals surface area contributed by atoms with Gasteiger partial charge in [0.15, 0.2) is 17.3 Å². The summed E-state index contributed by atoms with van der Waals surface area (Å²) in [6.07, 6.45) is 6.80. The quantitative estimate of drug-likeness (QED) is 0.0560. The number of carbonyl (C=O) groups excluding carboxylic acids is 6. The average Bonchev–Trinajstić information content (AvgIpc) is 3.25. The number of nitrogens with two attached hydrogens (primary N) is 1. The summed E-state index contributed by atoms with van der Waals surface area (Å²) in [6.45, 7) is 10.0. The minimum Gasteiger partial charge on any atom is -0.493 e. The minimum absolute atomic E-state index is 0.0455. The van der Waals surface area contributed by atoms with Crippen molar-refractivity contribution in [3.8, 4) is 11.5 Å². The van der Waals surface area contributed by atoms with Crippen LogP contribution in [0.15, 0.2) is 40.9 Å². The van der Waals surface area contributed by atoms with E-state index in [4.69, 9.17) is 15.2 Å². The van der Waals surface area contributed by atoms with Gasteiger partial charge in [-0.1, -0.05) is 45.1 Å². The van der Waals surface area contributed by atoms with Crippen LogP contribution in [-0.2, 0) is 30.4 Å². The SMILES string of the molecule is CCN(CCCC[C@H](NC(=O)[C@H](Cc1ccc(OC)c(OC)c1)NC(=O)[C@H](C)NC(=O)[C@H](CC1CCCCC1)NC(=O)c1ccc(Br)c(N)c1)C(=O)N[C@@H](CO)C(C)=O)C(C)C. The van der Waals surface area contributed by atoms with E-state index in [9.17, 15) is 33.9 Å². The van der Waals surface area contributed by atoms with E-state index in [0.717, 1.165) is 51.6 Å². The number of nitrogens with zero attached hydrogens (tertiary/aromatic N) is 1. The second-order valence-electron chi connectivity index (χ2n) is 16.3. The third kappa shape index (κ3) is 16.2. The molecule has 17 heteroatoms. The largest absolute Gasteiger partial charge is 0.493 e. The number of ketones is 1. The molecule has 344 valence electrons. The molecule has 5 atom stereocenters. The predicted octanol–water partition coefficient (Wildman–Crippen LogP) is 3.80. The Morgan fingerprint density at radius 3 is 2.02 bits per heavy atom. The minimum atomic E-state index is -1.26. The summed E-state index contributed by atoms with van der Waals surface area (Å²) < 4.78 is 11.5. The fraction of sp³-hybridized carbons (Fsp3) is 0.600. The highest BCUT2D eigenvalue weighted by atomic mass is 79.9. The van der Waals surface area contributed by atoms with Crippen molar-refractivity contribution in [2.45, 2.75) is 135 Å². The number of anilines is 1. The lowest BCUT2D eigenvalue weighted by Crippen LogP contribution is -2.59. The molecule has 0 unspecified atom stereocenters. The molecule has 62 heavy (non-hydrogen) atoms. The van der Waals surface area contributed by atoms with Crippen molar-refractivity contribution in [2.24, 2.45) is 5.92 Å². The number of halogens is 1. The summed E-state index contributed by atoms with van der Waals surface area (Å²) in [5.41, 5.74) is 7.27. The third-order valence-corrected chi connectivity index (χ3v) is 12.1. The molecule has 1 aliphatic carbocycles. The molecule has 3 rings (SSSR count). The van der Waals surface area contributed by atoms with Crippen LogP contribution in [0.2, 0.25) is 0 Å². The van der Waals surface area contributed by atoms with Gasteiger partial charge in [-0.3, -0.25) is 28.8 Å². The number of nitrogen functional groups attached to an aromatic ring is 1. The maximum atomic E-state index is 14.3. The van der Waals surface area contributed by atoms with Crippen LogP contribution in [-0.4, -0.2) is 115 Å². The van der Waals surface area contributed by atoms with Gasteiger partial charge in [-0.15, -0.1) is 0 Å². The number of Topliss-reactive ketones (excluding diaryl/α,β-unsaturated/α-hetero) is 1. The monoisotopic (exact) mass is 929 g/mol. The standard InChI is InChI=1S/C45H68BrN7O9/c1-8-53(27(2)3)21-13-12-16-35(43(58)52-38(26-54)29(5)55)49-45(60)37(23-31-17-20-39(61-6)40(24-31)62-7)50-41(56)28(4)48-44(59)36(22-30-14-10-9-11-15-30)51-42(57)32-18-19-33(46)34(47)25-32/h17-20,24-25,27-28,30,35-38,54H,8-16,21-23,26,47H2,1-7H3,(H,48,59)(H,49,60)(H,50,56)(H,51,57)(H,52,58)/t28-,35-,36-,37-,38-/m0/s1. The lowest BCUT2D eigenvalue weighted by atomic mass is 9.84. The van der Waals surface area contributed by atoms with Crippen LogP contribution in [0.1, 0.15) is 108 Å². The smallest absolute Gasteiger partial charge is 0.252 e. The molecule has 2 aromatic carbocycles. The lowest BCUT2D eigenvalue weighted by molar-refractivity contribution is -0.134. The number of hydrogen-bond donors (Lipinski definition) is 7. The van der Waals surface area contributed by atoms with Gasteiger partial charge in [0.1, 0.15) is 30.2 Å². The molecule has 8 N–H and O–H groups in total. The summed E-state index contributed by atoms with van der Waals surface area (Å²) in [4.78, 5) is 83.6. The van der Waals surface area contributed by atoms with Crippen LogP contribution >= 0.6 is 15.9 Å². The van der Waals surface area contributed by atoms with Crippen LogP contribution in [0.4, 0.5) is 5.69 Å². The van der Waals surface area contributed by atoms with Crippen molar-refractivity contribution in [1.29, 1.82) is 0 Å². The van der Waals surface area contributed by atoms with Crippen molar-refractivity contribution in [3.63, 3.8) is 0 Å². The molecule has 2 aromatic rings. The van der Waals surface area contributed by atoms with Gasteiger partial charge < -0.3 is 51.8 Å². The Morgan fingerprint density at radius 2 is 1.42 bits per heavy atom. The summed E-state index contributed by atoms with van der Waals surface area (Å²) in [5, 5.41) is 23.5. The highest BCUT2D eigenvalue weighted by Gasteiger charge is 2.32. The first kappa shape index (κ1) is 51.6. The van der Waals surface area contributed by atoms with E-state index in [1.807, 2.05) is 0 Å². The first-order valence-electron chi connectivity index (χ1n) is 21.6. The van der Waals surface area contributed by atoms with Gasteiger partial charge in [-0.05, 0) is 124 Å². The summed E-state index contributed by atoms with van der Waals surface area (Å²) >= 11 is 3.34. The zero-order valence-corrected chi connectivity index (χ0v) is 38.9. The molecule has 0 heterocycles. The van der Waals surface area contributed by atoms with Gasteiger partial charge in [-0.2, -0.15) is 0 Å². The van der Waals surface area contributed by atoms with E-state index >= 15 is 0 Å². The van der Waals surface area contributed by atoms with E-state index < -0.39 is 72.1 Å². The molecular formula is C45H68BrN7O9. The molecule has 0 aliphatic heterocycles. The van der Waals surface area contributed by atoms with Gasteiger partial charge in [0, 0.05) is 28.2 Å². The van der Waals surface area contributed by atoms with Crippen molar-refractivity contribution in [1.82, 2.24) is 31.5 Å². The molecule has 0 spiro atoms. The number of nitrogens with one attached hydrogen (secondary N) is 5. The third-order valence-electron chi connectivity index (χ3n) is 11.4. The van der Waals surface area contributed by atoms with E-state index in [1.165, 1.54) is 34.1 Å². The summed E-state index contributed by atoms with van der Waals surface area (Å²) in [7, 11) is 2.97. The van der Waals surface area contributed by atoms with Crippen LogP contribution in [0.25, 0.3) is 0 Å². The first-order valence-corrected chi connectivity index (χ1v) is 22.4. The zero-order valence-electron chi connectivity index (χ0n) is 37.3. The van der Waals surface area contributed by atoms with E-state index in [2.05, 4.69) is 68.2 Å². The summed E-state index contributed by atoms with van der Waals surface area (Å²) in [5.74, 6) is -2.48. The van der Waals surface area contributed by atoms with Gasteiger partial charge in [-0.25, -0.2) is 0 Å². The Bertz CT molecular complexity index is 1820. The Balaban J connectivity index is 1.88. The molecule has 1 fully saturated rings. The molecule has 1 saturated carbocycles. The lowest BCUT2D eigenvalue weighted by Gasteiger charge is -2.28. The number of aliphatic hydroxyl groups excluding tert-OH is 1. The maximum absolute atomic E-state index is 14.3. The molecule has 0 aromatic heterocycles. The number of rotatable bonds is 25. The Morgan fingerprint density at radius 1 is 0.790 bits per heavy atom. The second kappa shape index (κ2) is 26.0. The molecule has 0 bridgehead atoms. The molecule has 16 nitrogen and oxygen atoms in total. The van der Waals surface area contributed by atoms with Crippen LogP contribution in [0.3, 0.4) is 0 Å². The van der Waals surface area contributed by atoms with Crippen LogP contribution in [0.5, 0.6) is 11.5 Å². The molecule has 1 aliphatic rings. The highest BCUT2D eigenvalue weighted by molar-refractivity contribution is 9.10. The topological polar surface area (TPSA) is 231 Å². The van der Waals surface area contributed by atoms with Crippen molar-refractivity contribution >= 4 is 56.9 Å². The molecule has 0 saturated heterocycles. The highest BCUT2D eigenvalue weighted by Crippen LogP contribution is 2.29. The number of benzene rings is 2. The van der Waals surface area contributed by atoms with Crippen LogP contribution < -0.4 is 41.8 Å². The number of ether oxygens (including phenoxy) is 2. The van der Waals surface area contributed by atoms with Gasteiger partial charge in [0.2, 0.25) is 23.6 Å². The Kier molecular flexibility index (Phi) is 21.7. The van der Waals surface area contributed by atoms with E-state index in [0.29, 0.717) is 46.1 Å². The van der Waals surface area contributed by atoms with Gasteiger partial charge >= 0.3 is 0 Å². The van der Waals surface area contributed by atoms with Crippen LogP contribution in [0, 0.1) is 5.92 Å². The van der Waals surface area contributed by atoms with Crippen molar-refractivity contribution < 1.29 is 43.3 Å². The Labute approximate surface area is 374 Å². The molecule has 5 amide bonds. The number of aliphatic hydroxyl groups is 1. The van der Waals surface area contributed by atoms with Gasteiger partial charge in [0.05, 0.1) is 20.8 Å². The van der Waals surface area contributed by atoms with Crippen molar-refractivity contribution in [2.75, 3.05) is 39.6 Å². The van der Waals surface area contributed by atoms with E-state index in [-0.39, 0.29) is 24.3 Å². The maximum Gasteiger partial charge on any atom is 0.252 e. The zero-order chi connectivity index (χ0) is 45.9. The fourth-order valence-electron chi connectivity index (χ4n) is 7.58. The number of hydrogen-bond acceptors (Lipinski definition) is 11. The average molecular weight is 931 g/mol. The van der Waals surface area contributed by atoms with Crippen molar-refractivity contribution in [3.05, 3.63) is 52.0 Å². The number of unbranched alkanes of at least 4 members (excludes halogenated alkanes) is 1.